The highest BCUT2D eigenvalue weighted by molar-refractivity contribution is 9.10. The maximum atomic E-state index is 14.1. The predicted molar refractivity (Wildman–Crippen MR) is 170 cm³/mol. The summed E-state index contributed by atoms with van der Waals surface area (Å²) in [5.74, 6) is -2.49. The van der Waals surface area contributed by atoms with Crippen molar-refractivity contribution in [3.05, 3.63) is 96.9 Å². The lowest BCUT2D eigenvalue weighted by Crippen LogP contribution is -2.33. The molecule has 2 aliphatic heterocycles. The van der Waals surface area contributed by atoms with Crippen molar-refractivity contribution >= 4 is 68.1 Å². The van der Waals surface area contributed by atoms with Gasteiger partial charge in [0.2, 0.25) is 17.7 Å². The maximum absolute atomic E-state index is 14.1. The van der Waals surface area contributed by atoms with E-state index >= 15 is 0 Å². The lowest BCUT2D eigenvalue weighted by Gasteiger charge is -2.31. The van der Waals surface area contributed by atoms with E-state index in [1.165, 1.54) is 30.9 Å². The van der Waals surface area contributed by atoms with Crippen LogP contribution >= 0.6 is 39.0 Å². The van der Waals surface area contributed by atoms with Gasteiger partial charge < -0.3 is 14.8 Å². The second kappa shape index (κ2) is 12.3. The molecule has 0 bridgehead atoms. The molecule has 3 aromatic carbocycles. The minimum Gasteiger partial charge on any atom is -0.493 e. The number of ether oxygens (including phenoxy) is 2. The van der Waals surface area contributed by atoms with Crippen LogP contribution in [0, 0.1) is 5.92 Å². The number of halogens is 4. The molecule has 0 radical (unpaired) electrons. The Morgan fingerprint density at radius 3 is 2.35 bits per heavy atom. The van der Waals surface area contributed by atoms with Crippen LogP contribution in [0.3, 0.4) is 0 Å². The average molecular weight is 735 g/mol. The van der Waals surface area contributed by atoms with Crippen molar-refractivity contribution in [2.24, 2.45) is 5.92 Å². The molecule has 1 saturated heterocycles. The Kier molecular flexibility index (Phi) is 8.50. The van der Waals surface area contributed by atoms with E-state index in [1.54, 1.807) is 42.5 Å². The zero-order valence-corrected chi connectivity index (χ0v) is 27.2. The first kappa shape index (κ1) is 31.9. The van der Waals surface area contributed by atoms with E-state index in [0.29, 0.717) is 32.7 Å². The molecule has 0 unspecified atom stereocenters. The van der Waals surface area contributed by atoms with Crippen molar-refractivity contribution in [1.29, 1.82) is 0 Å². The number of nitrogens with zero attached hydrogens (tertiary/aromatic N) is 2. The maximum Gasteiger partial charge on any atom is 0.416 e. The minimum absolute atomic E-state index is 0.0883. The smallest absolute Gasteiger partial charge is 0.416 e. The third-order valence-electron chi connectivity index (χ3n) is 7.68. The summed E-state index contributed by atoms with van der Waals surface area (Å²) in [6.45, 7) is -0.525. The van der Waals surface area contributed by atoms with E-state index in [1.807, 2.05) is 0 Å². The fourth-order valence-electron chi connectivity index (χ4n) is 5.62. The van der Waals surface area contributed by atoms with Crippen molar-refractivity contribution in [3.63, 3.8) is 0 Å². The normalized spacial score (nSPS) is 19.1. The van der Waals surface area contributed by atoms with E-state index in [0.717, 1.165) is 44.6 Å². The lowest BCUT2D eigenvalue weighted by molar-refractivity contribution is -0.137. The number of benzene rings is 3. The van der Waals surface area contributed by atoms with Crippen molar-refractivity contribution < 1.29 is 37.0 Å². The summed E-state index contributed by atoms with van der Waals surface area (Å²) in [4.78, 5) is 55.6. The second-order valence-electron chi connectivity index (χ2n) is 10.4. The molecule has 3 heterocycles. The summed E-state index contributed by atoms with van der Waals surface area (Å²) in [7, 11) is 2.94. The molecule has 9 nitrogen and oxygen atoms in total. The summed E-state index contributed by atoms with van der Waals surface area (Å²) in [5.41, 5.74) is -0.0422. The molecule has 238 valence electrons. The average Bonchev–Trinajstić information content (AvgIpc) is 3.47. The van der Waals surface area contributed by atoms with Crippen LogP contribution in [0.5, 0.6) is 11.5 Å². The third kappa shape index (κ3) is 5.71. The molecule has 1 aromatic heterocycles. The first-order valence-electron chi connectivity index (χ1n) is 13.6. The predicted octanol–water partition coefficient (Wildman–Crippen LogP) is 6.14. The van der Waals surface area contributed by atoms with Crippen molar-refractivity contribution in [2.45, 2.75) is 28.9 Å². The van der Waals surface area contributed by atoms with Crippen molar-refractivity contribution in [2.75, 3.05) is 24.4 Å². The van der Waals surface area contributed by atoms with Gasteiger partial charge in [-0.3, -0.25) is 23.7 Å². The van der Waals surface area contributed by atoms with Crippen molar-refractivity contribution in [1.82, 2.24) is 4.57 Å². The van der Waals surface area contributed by atoms with Gasteiger partial charge in [-0.1, -0.05) is 51.2 Å². The Labute approximate surface area is 276 Å². The second-order valence-corrected chi connectivity index (χ2v) is 13.4. The van der Waals surface area contributed by atoms with Gasteiger partial charge in [-0.2, -0.15) is 13.2 Å². The highest BCUT2D eigenvalue weighted by Crippen LogP contribution is 2.54. The van der Waals surface area contributed by atoms with Crippen LogP contribution in [0.2, 0.25) is 0 Å². The lowest BCUT2D eigenvalue weighted by atomic mass is 9.83. The molecule has 0 spiro atoms. The molecule has 1 fully saturated rings. The van der Waals surface area contributed by atoms with Crippen LogP contribution in [0.25, 0.3) is 0 Å². The molecule has 3 amide bonds. The molecule has 1 N–H and O–H groups in total. The number of hydrogen-bond acceptors (Lipinski definition) is 8. The first-order chi connectivity index (χ1) is 21.9. The third-order valence-corrected chi connectivity index (χ3v) is 10.8. The standard InChI is InChI=1S/C31H23BrF3N3O6S2/c1-43-20-11-6-15(12-21(20)44-2)23-24-25(28(41)38(27(24)40)19-9-7-17(32)8-10-19)45-29-26(23)46-30(42)37(29)14-22(39)36-18-5-3-4-16(13-18)31(33,34)35/h3-13,23-25H,14H2,1-2H3,(H,36,39)/t23-,24+,25-/m0/s1. The number of fused-ring (bicyclic) bond motifs is 2. The van der Waals surface area contributed by atoms with Gasteiger partial charge in [0.1, 0.15) is 11.8 Å². The van der Waals surface area contributed by atoms with Crippen LogP contribution in [0.15, 0.2) is 81.0 Å². The van der Waals surface area contributed by atoms with E-state index in [-0.39, 0.29) is 5.69 Å². The van der Waals surface area contributed by atoms with Gasteiger partial charge in [-0.25, -0.2) is 4.90 Å². The number of alkyl halides is 3. The Morgan fingerprint density at radius 1 is 0.957 bits per heavy atom. The van der Waals surface area contributed by atoms with Crippen LogP contribution in [0.4, 0.5) is 24.5 Å². The number of aromatic nitrogens is 1. The van der Waals surface area contributed by atoms with Crippen LogP contribution < -0.4 is 24.6 Å². The van der Waals surface area contributed by atoms with Crippen molar-refractivity contribution in [3.8, 4) is 11.5 Å². The van der Waals surface area contributed by atoms with E-state index < -0.39 is 58.0 Å². The van der Waals surface area contributed by atoms with Crippen LogP contribution in [-0.2, 0) is 27.1 Å². The minimum atomic E-state index is -4.61. The number of carbonyl (C=O) groups excluding carboxylic acids is 3. The van der Waals surface area contributed by atoms with Crippen LogP contribution in [-0.4, -0.2) is 41.8 Å². The summed E-state index contributed by atoms with van der Waals surface area (Å²) < 4.78 is 52.5. The van der Waals surface area contributed by atoms with Gasteiger partial charge >= 0.3 is 11.0 Å². The molecular weight excluding hydrogens is 711 g/mol. The van der Waals surface area contributed by atoms with Gasteiger partial charge in [-0.15, -0.1) is 0 Å². The summed E-state index contributed by atoms with van der Waals surface area (Å²) in [6.07, 6.45) is -4.61. The van der Waals surface area contributed by atoms with E-state index in [9.17, 15) is 32.3 Å². The molecule has 0 saturated carbocycles. The topological polar surface area (TPSA) is 107 Å². The molecule has 46 heavy (non-hydrogen) atoms. The molecule has 3 atom stereocenters. The number of thioether (sulfide) groups is 1. The van der Waals surface area contributed by atoms with Gasteiger partial charge in [0.15, 0.2) is 11.5 Å². The van der Waals surface area contributed by atoms with Crippen LogP contribution in [0.1, 0.15) is 21.9 Å². The highest BCUT2D eigenvalue weighted by Gasteiger charge is 2.57. The fraction of sp³-hybridized carbons (Fsp3) is 0.226. The molecule has 0 aliphatic carbocycles. The van der Waals surface area contributed by atoms with Gasteiger partial charge in [-0.05, 0) is 60.2 Å². The highest BCUT2D eigenvalue weighted by atomic mass is 79.9. The number of carbonyl (C=O) groups is 3. The molecule has 15 heteroatoms. The number of imide groups is 1. The van der Waals surface area contributed by atoms with Gasteiger partial charge in [0.05, 0.1) is 36.4 Å². The molecule has 6 rings (SSSR count). The SMILES string of the molecule is COc1ccc([C@@H]2c3sc(=O)n(CC(=O)Nc4cccc(C(F)(F)F)c4)c3S[C@@H]3C(=O)N(c4ccc(Br)cc4)C(=O)[C@H]23)cc1OC. The molecule has 4 aromatic rings. The molecule has 2 aliphatic rings. The Balaban J connectivity index is 1.41. The fourth-order valence-corrected chi connectivity index (χ4v) is 8.66. The number of amides is 3. The number of hydrogen-bond donors (Lipinski definition) is 1. The summed E-state index contributed by atoms with van der Waals surface area (Å²) in [5, 5.41) is 1.82. The first-order valence-corrected chi connectivity index (χ1v) is 16.1. The Bertz CT molecular complexity index is 1930. The summed E-state index contributed by atoms with van der Waals surface area (Å²) >= 11 is 5.24. The number of rotatable bonds is 7. The Hall–Kier alpha value is -4.08. The monoisotopic (exact) mass is 733 g/mol. The van der Waals surface area contributed by atoms with Gasteiger partial charge in [0.25, 0.3) is 0 Å². The molecular formula is C31H23BrF3N3O6S2. The van der Waals surface area contributed by atoms with Gasteiger partial charge in [0, 0.05) is 21.0 Å². The van der Waals surface area contributed by atoms with E-state index in [2.05, 4.69) is 21.2 Å². The zero-order valence-electron chi connectivity index (χ0n) is 24.0. The number of methoxy groups -OCH3 is 2. The quantitative estimate of drug-likeness (QED) is 0.228. The number of anilines is 2. The summed E-state index contributed by atoms with van der Waals surface area (Å²) in [6, 6.07) is 16.0. The largest absolute Gasteiger partial charge is 0.493 e. The van der Waals surface area contributed by atoms with E-state index in [4.69, 9.17) is 9.47 Å². The zero-order chi connectivity index (χ0) is 32.9. The Morgan fingerprint density at radius 2 is 1.67 bits per heavy atom. The number of nitrogens with one attached hydrogen (secondary N) is 1. The number of thiazole rings is 1.